The highest BCUT2D eigenvalue weighted by atomic mass is 19.2. The molecule has 0 spiro atoms. The molecule has 0 fully saturated rings. The topological polar surface area (TPSA) is 69.3 Å². The molecule has 0 atom stereocenters. The molecule has 2 aromatic carbocycles. The Bertz CT molecular complexity index is 1610. The number of aromatic nitrogens is 4. The van der Waals surface area contributed by atoms with Crippen LogP contribution in [0.3, 0.4) is 0 Å². The summed E-state index contributed by atoms with van der Waals surface area (Å²) in [4.78, 5) is 29.9. The highest BCUT2D eigenvalue weighted by Crippen LogP contribution is 2.21. The number of Topliss-reactive ketones (excluding diaryl/α,β-unsaturated/α-hetero) is 1. The molecule has 3 heterocycles. The Hall–Kier alpha value is -4.46. The standard InChI is InChI=1S/C27H20F2N4O2/c28-23-9-6-19(14-24(23)29)15-32-12-2-5-22(27(32)35)25(34)10-7-18-3-1-4-20(13-18)21-8-11-26-30-17-31-33(26)16-21/h1-6,8-9,11-14,16-17H,7,10,15H2. The van der Waals surface area contributed by atoms with Crippen molar-refractivity contribution < 1.29 is 13.6 Å². The Balaban J connectivity index is 1.30. The van der Waals surface area contributed by atoms with Gasteiger partial charge in [-0.1, -0.05) is 30.3 Å². The SMILES string of the molecule is O=C(CCc1cccc(-c2ccc3ncnn3c2)c1)c1cccn(Cc2ccc(F)c(F)c2)c1=O. The van der Waals surface area contributed by atoms with Gasteiger partial charge in [-0.05, 0) is 59.5 Å². The molecule has 6 nitrogen and oxygen atoms in total. The number of carbonyl (C=O) groups excluding carboxylic acids is 1. The Morgan fingerprint density at radius 2 is 1.77 bits per heavy atom. The lowest BCUT2D eigenvalue weighted by molar-refractivity contribution is 0.0981. The zero-order chi connectivity index (χ0) is 24.4. The van der Waals surface area contributed by atoms with Crippen molar-refractivity contribution in [2.75, 3.05) is 0 Å². The van der Waals surface area contributed by atoms with Gasteiger partial charge in [-0.25, -0.2) is 18.3 Å². The molecule has 3 aromatic heterocycles. The lowest BCUT2D eigenvalue weighted by atomic mass is 10.00. The smallest absolute Gasteiger partial charge is 0.261 e. The minimum Gasteiger partial charge on any atom is -0.310 e. The van der Waals surface area contributed by atoms with Gasteiger partial charge in [0.25, 0.3) is 5.56 Å². The van der Waals surface area contributed by atoms with Crippen molar-refractivity contribution in [3.05, 3.63) is 124 Å². The molecule has 0 aliphatic carbocycles. The summed E-state index contributed by atoms with van der Waals surface area (Å²) in [6, 6.07) is 18.3. The molecule has 8 heteroatoms. The lowest BCUT2D eigenvalue weighted by Gasteiger charge is -2.09. The van der Waals surface area contributed by atoms with Crippen LogP contribution in [0.1, 0.15) is 27.9 Å². The summed E-state index contributed by atoms with van der Waals surface area (Å²) >= 11 is 0. The molecule has 5 aromatic rings. The molecule has 0 aliphatic heterocycles. The average Bonchev–Trinajstić information content (AvgIpc) is 3.34. The Kier molecular flexibility index (Phi) is 6.01. The van der Waals surface area contributed by atoms with Crippen LogP contribution in [-0.2, 0) is 13.0 Å². The minimum absolute atomic E-state index is 0.0370. The summed E-state index contributed by atoms with van der Waals surface area (Å²) in [7, 11) is 0. The van der Waals surface area contributed by atoms with Gasteiger partial charge in [0.1, 0.15) is 6.33 Å². The van der Waals surface area contributed by atoms with Crippen LogP contribution in [0.5, 0.6) is 0 Å². The molecule has 5 rings (SSSR count). The number of carbonyl (C=O) groups is 1. The molecular weight excluding hydrogens is 450 g/mol. The zero-order valence-corrected chi connectivity index (χ0v) is 18.6. The first kappa shape index (κ1) is 22.3. The van der Waals surface area contributed by atoms with Crippen LogP contribution in [0.25, 0.3) is 16.8 Å². The predicted octanol–water partition coefficient (Wildman–Crippen LogP) is 4.70. The van der Waals surface area contributed by atoms with Crippen molar-refractivity contribution in [3.8, 4) is 11.1 Å². The number of benzene rings is 2. The summed E-state index contributed by atoms with van der Waals surface area (Å²) in [6.45, 7) is 0.0370. The monoisotopic (exact) mass is 470 g/mol. The van der Waals surface area contributed by atoms with E-state index in [1.54, 1.807) is 10.6 Å². The van der Waals surface area contributed by atoms with Crippen LogP contribution in [0, 0.1) is 11.6 Å². The van der Waals surface area contributed by atoms with Gasteiger partial charge in [0.2, 0.25) is 0 Å². The second kappa shape index (κ2) is 9.42. The van der Waals surface area contributed by atoms with Gasteiger partial charge in [-0.2, -0.15) is 5.10 Å². The third-order valence-electron chi connectivity index (χ3n) is 5.83. The molecule has 0 radical (unpaired) electrons. The fourth-order valence-electron chi connectivity index (χ4n) is 3.99. The normalized spacial score (nSPS) is 11.1. The zero-order valence-electron chi connectivity index (χ0n) is 18.6. The van der Waals surface area contributed by atoms with Gasteiger partial charge < -0.3 is 4.57 Å². The van der Waals surface area contributed by atoms with E-state index in [-0.39, 0.29) is 24.3 Å². The molecule has 0 aliphatic rings. The van der Waals surface area contributed by atoms with Crippen molar-refractivity contribution in [3.63, 3.8) is 0 Å². The van der Waals surface area contributed by atoms with Gasteiger partial charge in [0.05, 0.1) is 12.1 Å². The second-order valence-corrected chi connectivity index (χ2v) is 8.21. The average molecular weight is 470 g/mol. The molecule has 0 saturated heterocycles. The molecule has 35 heavy (non-hydrogen) atoms. The van der Waals surface area contributed by atoms with Crippen LogP contribution in [0.2, 0.25) is 0 Å². The van der Waals surface area contributed by atoms with Crippen LogP contribution in [-0.4, -0.2) is 24.9 Å². The summed E-state index contributed by atoms with van der Waals surface area (Å²) in [5.74, 6) is -2.21. The van der Waals surface area contributed by atoms with Gasteiger partial charge >= 0.3 is 0 Å². The number of aryl methyl sites for hydroxylation is 1. The molecular formula is C27H20F2N4O2. The summed E-state index contributed by atoms with van der Waals surface area (Å²) in [6.07, 6.45) is 5.55. The molecule has 0 unspecified atom stereocenters. The van der Waals surface area contributed by atoms with E-state index in [0.29, 0.717) is 12.0 Å². The lowest BCUT2D eigenvalue weighted by Crippen LogP contribution is -2.26. The van der Waals surface area contributed by atoms with E-state index in [0.717, 1.165) is 34.5 Å². The number of halogens is 2. The first-order valence-electron chi connectivity index (χ1n) is 11.0. The quantitative estimate of drug-likeness (QED) is 0.324. The maximum Gasteiger partial charge on any atom is 0.261 e. The second-order valence-electron chi connectivity index (χ2n) is 8.21. The van der Waals surface area contributed by atoms with E-state index >= 15 is 0 Å². The third-order valence-corrected chi connectivity index (χ3v) is 5.83. The Labute approximate surface area is 199 Å². The maximum absolute atomic E-state index is 13.5. The highest BCUT2D eigenvalue weighted by molar-refractivity contribution is 5.95. The molecule has 0 bridgehead atoms. The van der Waals surface area contributed by atoms with Crippen LogP contribution in [0.15, 0.2) is 90.2 Å². The number of ketones is 1. The van der Waals surface area contributed by atoms with Gasteiger partial charge in [0.15, 0.2) is 23.1 Å². The van der Waals surface area contributed by atoms with Crippen molar-refractivity contribution >= 4 is 11.4 Å². The van der Waals surface area contributed by atoms with Crippen molar-refractivity contribution in [2.45, 2.75) is 19.4 Å². The van der Waals surface area contributed by atoms with Crippen LogP contribution < -0.4 is 5.56 Å². The first-order valence-corrected chi connectivity index (χ1v) is 11.0. The first-order chi connectivity index (χ1) is 17.0. The molecule has 0 N–H and O–H groups in total. The van der Waals surface area contributed by atoms with E-state index in [1.165, 1.54) is 29.2 Å². The summed E-state index contributed by atoms with van der Waals surface area (Å²) in [5, 5.41) is 4.16. The van der Waals surface area contributed by atoms with Gasteiger partial charge in [-0.15, -0.1) is 0 Å². The van der Waals surface area contributed by atoms with Gasteiger partial charge in [-0.3, -0.25) is 9.59 Å². The van der Waals surface area contributed by atoms with E-state index in [1.807, 2.05) is 42.6 Å². The largest absolute Gasteiger partial charge is 0.310 e. The highest BCUT2D eigenvalue weighted by Gasteiger charge is 2.13. The van der Waals surface area contributed by atoms with Crippen molar-refractivity contribution in [1.82, 2.24) is 19.2 Å². The number of rotatable bonds is 7. The molecule has 0 amide bonds. The number of pyridine rings is 2. The molecule has 174 valence electrons. The van der Waals surface area contributed by atoms with Crippen LogP contribution in [0.4, 0.5) is 8.78 Å². The third kappa shape index (κ3) is 4.77. The van der Waals surface area contributed by atoms with E-state index < -0.39 is 17.2 Å². The van der Waals surface area contributed by atoms with Crippen LogP contribution >= 0.6 is 0 Å². The number of hydrogen-bond donors (Lipinski definition) is 0. The number of hydrogen-bond acceptors (Lipinski definition) is 4. The summed E-state index contributed by atoms with van der Waals surface area (Å²) in [5.41, 5.74) is 3.72. The van der Waals surface area contributed by atoms with Crippen molar-refractivity contribution in [2.24, 2.45) is 0 Å². The summed E-state index contributed by atoms with van der Waals surface area (Å²) < 4.78 is 29.7. The fourth-order valence-corrected chi connectivity index (χ4v) is 3.99. The van der Waals surface area contributed by atoms with Gasteiger partial charge in [0, 0.05) is 24.4 Å². The van der Waals surface area contributed by atoms with E-state index in [4.69, 9.17) is 0 Å². The number of fused-ring (bicyclic) bond motifs is 1. The van der Waals surface area contributed by atoms with E-state index in [9.17, 15) is 18.4 Å². The number of nitrogens with zero attached hydrogens (tertiary/aromatic N) is 4. The Morgan fingerprint density at radius 3 is 2.63 bits per heavy atom. The predicted molar refractivity (Wildman–Crippen MR) is 127 cm³/mol. The molecule has 0 saturated carbocycles. The van der Waals surface area contributed by atoms with E-state index in [2.05, 4.69) is 10.1 Å². The Morgan fingerprint density at radius 1 is 0.886 bits per heavy atom. The maximum atomic E-state index is 13.5. The van der Waals surface area contributed by atoms with Crippen molar-refractivity contribution in [1.29, 1.82) is 0 Å². The minimum atomic E-state index is -0.980. The fraction of sp³-hybridized carbons (Fsp3) is 0.111.